The lowest BCUT2D eigenvalue weighted by molar-refractivity contribution is -0.152. The largest absolute Gasteiger partial charge is 0.452 e. The van der Waals surface area contributed by atoms with E-state index in [-0.39, 0.29) is 12.2 Å². The van der Waals surface area contributed by atoms with Crippen LogP contribution < -0.4 is 5.32 Å². The molecule has 0 fully saturated rings. The number of halogens is 1. The van der Waals surface area contributed by atoms with E-state index in [2.05, 4.69) is 5.32 Å². The number of rotatable bonds is 5. The lowest BCUT2D eigenvalue weighted by atomic mass is 10.1. The van der Waals surface area contributed by atoms with Crippen LogP contribution in [0.5, 0.6) is 0 Å². The van der Waals surface area contributed by atoms with Gasteiger partial charge in [0.1, 0.15) is 5.82 Å². The molecular weight excluding hydrogens is 311 g/mol. The van der Waals surface area contributed by atoms with Gasteiger partial charge in [0.05, 0.1) is 18.1 Å². The summed E-state index contributed by atoms with van der Waals surface area (Å²) < 4.78 is 17.9. The van der Waals surface area contributed by atoms with Crippen molar-refractivity contribution >= 4 is 17.6 Å². The normalized spacial score (nSPS) is 11.2. The van der Waals surface area contributed by atoms with E-state index in [0.717, 1.165) is 0 Å². The van der Waals surface area contributed by atoms with Gasteiger partial charge in [-0.15, -0.1) is 0 Å². The van der Waals surface area contributed by atoms with Gasteiger partial charge in [0.25, 0.3) is 5.91 Å². The van der Waals surface area contributed by atoms with Crippen molar-refractivity contribution in [1.29, 1.82) is 5.26 Å². The summed E-state index contributed by atoms with van der Waals surface area (Å²) in [4.78, 5) is 23.8. The highest BCUT2D eigenvalue weighted by Gasteiger charge is 2.18. The first-order chi connectivity index (χ1) is 11.5. The molecule has 2 aromatic rings. The number of nitrogens with one attached hydrogen (secondary N) is 1. The zero-order valence-corrected chi connectivity index (χ0v) is 13.0. The second-order valence-corrected chi connectivity index (χ2v) is 5.11. The van der Waals surface area contributed by atoms with Crippen molar-refractivity contribution in [3.05, 3.63) is 65.5 Å². The van der Waals surface area contributed by atoms with Gasteiger partial charge in [0.15, 0.2) is 6.10 Å². The van der Waals surface area contributed by atoms with Crippen LogP contribution in [0.25, 0.3) is 0 Å². The number of benzene rings is 2. The lowest BCUT2D eigenvalue weighted by Gasteiger charge is -2.13. The van der Waals surface area contributed by atoms with Crippen molar-refractivity contribution in [1.82, 2.24) is 0 Å². The molecule has 0 aliphatic carbocycles. The minimum absolute atomic E-state index is 0.0469. The number of nitriles is 1. The zero-order valence-electron chi connectivity index (χ0n) is 13.0. The highest BCUT2D eigenvalue weighted by atomic mass is 19.1. The summed E-state index contributed by atoms with van der Waals surface area (Å²) in [7, 11) is 0. The highest BCUT2D eigenvalue weighted by molar-refractivity contribution is 5.95. The molecule has 1 atom stereocenters. The Morgan fingerprint density at radius 2 is 1.79 bits per heavy atom. The van der Waals surface area contributed by atoms with Crippen molar-refractivity contribution in [3.8, 4) is 6.07 Å². The van der Waals surface area contributed by atoms with Crippen molar-refractivity contribution in [2.24, 2.45) is 0 Å². The van der Waals surface area contributed by atoms with E-state index < -0.39 is 18.0 Å². The molecule has 122 valence electrons. The van der Waals surface area contributed by atoms with Crippen molar-refractivity contribution in [2.75, 3.05) is 5.32 Å². The minimum atomic E-state index is -0.978. The summed E-state index contributed by atoms with van der Waals surface area (Å²) in [6.07, 6.45) is -1.03. The Morgan fingerprint density at radius 1 is 1.17 bits per heavy atom. The zero-order chi connectivity index (χ0) is 17.5. The predicted molar refractivity (Wildman–Crippen MR) is 85.4 cm³/mol. The van der Waals surface area contributed by atoms with Crippen LogP contribution >= 0.6 is 0 Å². The molecule has 0 aliphatic heterocycles. The standard InChI is InChI=1S/C18H15FN2O3/c1-12(18(23)21-16-8-4-14(11-20)5-9-16)24-17(22)10-13-2-6-15(19)7-3-13/h2-9,12H,10H2,1H3,(H,21,23)/t12-/m1/s1. The molecule has 0 unspecified atom stereocenters. The van der Waals surface area contributed by atoms with E-state index in [1.165, 1.54) is 31.2 Å². The van der Waals surface area contributed by atoms with Gasteiger partial charge in [-0.3, -0.25) is 9.59 Å². The number of carbonyl (C=O) groups is 2. The molecule has 2 aromatic carbocycles. The molecule has 5 nitrogen and oxygen atoms in total. The number of anilines is 1. The van der Waals surface area contributed by atoms with Gasteiger partial charge in [0.2, 0.25) is 0 Å². The molecule has 0 saturated heterocycles. The molecule has 0 aliphatic rings. The van der Waals surface area contributed by atoms with E-state index in [0.29, 0.717) is 16.8 Å². The van der Waals surface area contributed by atoms with Gasteiger partial charge < -0.3 is 10.1 Å². The molecule has 6 heteroatoms. The van der Waals surface area contributed by atoms with Crippen molar-refractivity contribution in [3.63, 3.8) is 0 Å². The number of hydrogen-bond donors (Lipinski definition) is 1. The van der Waals surface area contributed by atoms with Gasteiger partial charge in [0, 0.05) is 5.69 Å². The Morgan fingerprint density at radius 3 is 2.38 bits per heavy atom. The van der Waals surface area contributed by atoms with Crippen LogP contribution in [-0.2, 0) is 20.7 Å². The number of esters is 1. The summed E-state index contributed by atoms with van der Waals surface area (Å²) in [5, 5.41) is 11.3. The summed E-state index contributed by atoms with van der Waals surface area (Å²) in [5.74, 6) is -1.45. The third kappa shape index (κ3) is 4.92. The Hall–Kier alpha value is -3.20. The highest BCUT2D eigenvalue weighted by Crippen LogP contribution is 2.10. The molecule has 2 rings (SSSR count). The van der Waals surface area contributed by atoms with Crippen LogP contribution in [0.1, 0.15) is 18.1 Å². The van der Waals surface area contributed by atoms with Crippen molar-refractivity contribution in [2.45, 2.75) is 19.4 Å². The first-order valence-corrected chi connectivity index (χ1v) is 7.23. The molecule has 0 aromatic heterocycles. The second-order valence-electron chi connectivity index (χ2n) is 5.11. The van der Waals surface area contributed by atoms with E-state index >= 15 is 0 Å². The average molecular weight is 326 g/mol. The number of carbonyl (C=O) groups excluding carboxylic acids is 2. The van der Waals surface area contributed by atoms with Crippen LogP contribution in [0, 0.1) is 17.1 Å². The van der Waals surface area contributed by atoms with Gasteiger partial charge in [-0.25, -0.2) is 4.39 Å². The SMILES string of the molecule is C[C@@H](OC(=O)Cc1ccc(F)cc1)C(=O)Nc1ccc(C#N)cc1. The predicted octanol–water partition coefficient (Wildman–Crippen LogP) is 2.81. The minimum Gasteiger partial charge on any atom is -0.452 e. The molecule has 0 spiro atoms. The molecule has 1 amide bonds. The van der Waals surface area contributed by atoms with Crippen LogP contribution in [0.3, 0.4) is 0 Å². The smallest absolute Gasteiger partial charge is 0.311 e. The Bertz CT molecular complexity index is 764. The van der Waals surface area contributed by atoms with Crippen LogP contribution in [0.2, 0.25) is 0 Å². The molecule has 0 bridgehead atoms. The van der Waals surface area contributed by atoms with Gasteiger partial charge in [-0.1, -0.05) is 12.1 Å². The summed E-state index contributed by atoms with van der Waals surface area (Å²) in [6.45, 7) is 1.46. The van der Waals surface area contributed by atoms with Gasteiger partial charge >= 0.3 is 5.97 Å². The van der Waals surface area contributed by atoms with Crippen molar-refractivity contribution < 1.29 is 18.7 Å². The number of nitrogens with zero attached hydrogens (tertiary/aromatic N) is 1. The van der Waals surface area contributed by atoms with Gasteiger partial charge in [-0.2, -0.15) is 5.26 Å². The van der Waals surface area contributed by atoms with E-state index in [1.54, 1.807) is 24.3 Å². The molecule has 1 N–H and O–H groups in total. The van der Waals surface area contributed by atoms with Gasteiger partial charge in [-0.05, 0) is 48.9 Å². The maximum atomic E-state index is 12.8. The molecule has 0 radical (unpaired) electrons. The Labute approximate surface area is 138 Å². The second kappa shape index (κ2) is 7.88. The molecule has 0 heterocycles. The first-order valence-electron chi connectivity index (χ1n) is 7.23. The number of amides is 1. The Balaban J connectivity index is 1.87. The van der Waals surface area contributed by atoms with E-state index in [9.17, 15) is 14.0 Å². The summed E-state index contributed by atoms with van der Waals surface area (Å²) >= 11 is 0. The fourth-order valence-corrected chi connectivity index (χ4v) is 1.93. The average Bonchev–Trinajstić information content (AvgIpc) is 2.57. The van der Waals surface area contributed by atoms with E-state index in [1.807, 2.05) is 6.07 Å². The lowest BCUT2D eigenvalue weighted by Crippen LogP contribution is -2.30. The van der Waals surface area contributed by atoms with Crippen LogP contribution in [0.15, 0.2) is 48.5 Å². The fraction of sp³-hybridized carbons (Fsp3) is 0.167. The fourth-order valence-electron chi connectivity index (χ4n) is 1.93. The summed E-state index contributed by atoms with van der Waals surface area (Å²) in [5.41, 5.74) is 1.58. The maximum absolute atomic E-state index is 12.8. The topological polar surface area (TPSA) is 79.2 Å². The monoisotopic (exact) mass is 326 g/mol. The maximum Gasteiger partial charge on any atom is 0.311 e. The summed E-state index contributed by atoms with van der Waals surface area (Å²) in [6, 6.07) is 13.8. The quantitative estimate of drug-likeness (QED) is 0.857. The van der Waals surface area contributed by atoms with Crippen LogP contribution in [0.4, 0.5) is 10.1 Å². The molecular formula is C18H15FN2O3. The third-order valence-electron chi connectivity index (χ3n) is 3.22. The Kier molecular flexibility index (Phi) is 5.63. The van der Waals surface area contributed by atoms with E-state index in [4.69, 9.17) is 10.00 Å². The van der Waals surface area contributed by atoms with Crippen LogP contribution in [-0.4, -0.2) is 18.0 Å². The number of ether oxygens (including phenoxy) is 1. The molecule has 0 saturated carbocycles. The first kappa shape index (κ1) is 17.2. The molecule has 24 heavy (non-hydrogen) atoms. The number of hydrogen-bond acceptors (Lipinski definition) is 4. The third-order valence-corrected chi connectivity index (χ3v) is 3.22.